The third-order valence-electron chi connectivity index (χ3n) is 2.57. The summed E-state index contributed by atoms with van der Waals surface area (Å²) in [5, 5.41) is 9.46. The summed E-state index contributed by atoms with van der Waals surface area (Å²) in [7, 11) is 0. The number of carbonyl (C=O) groups is 1. The first-order valence-electron chi connectivity index (χ1n) is 6.14. The van der Waals surface area contributed by atoms with Crippen molar-refractivity contribution in [1.29, 1.82) is 0 Å². The van der Waals surface area contributed by atoms with Crippen molar-refractivity contribution in [2.75, 3.05) is 13.2 Å². The maximum atomic E-state index is 11.3. The Kier molecular flexibility index (Phi) is 8.21. The van der Waals surface area contributed by atoms with Crippen molar-refractivity contribution in [2.45, 2.75) is 58.0 Å². The highest BCUT2D eigenvalue weighted by atomic mass is 16.5. The van der Waals surface area contributed by atoms with Crippen molar-refractivity contribution in [3.8, 4) is 0 Å². The van der Waals surface area contributed by atoms with Gasteiger partial charge in [-0.05, 0) is 13.3 Å². The largest absolute Gasteiger partial charge is 0.464 e. The van der Waals surface area contributed by atoms with Gasteiger partial charge in [-0.3, -0.25) is 0 Å². The highest BCUT2D eigenvalue weighted by Gasteiger charge is 2.29. The molecule has 0 aromatic heterocycles. The first-order valence-corrected chi connectivity index (χ1v) is 6.14. The zero-order valence-electron chi connectivity index (χ0n) is 10.5. The smallest absolute Gasteiger partial charge is 0.339 e. The van der Waals surface area contributed by atoms with Crippen molar-refractivity contribution in [2.24, 2.45) is 5.73 Å². The Morgan fingerprint density at radius 2 is 1.81 bits per heavy atom. The SMILES string of the molecule is CCCCCCCCOC(=O)C(C)(O)CN. The quantitative estimate of drug-likeness (QED) is 0.467. The Labute approximate surface area is 98.2 Å². The molecule has 0 rings (SSSR count). The lowest BCUT2D eigenvalue weighted by atomic mass is 10.1. The Bertz CT molecular complexity index is 193. The Morgan fingerprint density at radius 1 is 1.25 bits per heavy atom. The van der Waals surface area contributed by atoms with E-state index in [1.165, 1.54) is 32.6 Å². The van der Waals surface area contributed by atoms with E-state index in [1.54, 1.807) is 0 Å². The average Bonchev–Trinajstić information content (AvgIpc) is 2.27. The van der Waals surface area contributed by atoms with Gasteiger partial charge in [0.05, 0.1) is 6.61 Å². The molecular formula is C12H25NO3. The Balaban J connectivity index is 3.42. The molecule has 0 bridgehead atoms. The summed E-state index contributed by atoms with van der Waals surface area (Å²) in [5.41, 5.74) is 3.70. The van der Waals surface area contributed by atoms with Crippen molar-refractivity contribution in [3.05, 3.63) is 0 Å². The zero-order chi connectivity index (χ0) is 12.4. The van der Waals surface area contributed by atoms with Crippen LogP contribution in [-0.2, 0) is 9.53 Å². The summed E-state index contributed by atoms with van der Waals surface area (Å²) in [6.45, 7) is 3.82. The molecule has 0 heterocycles. The molecule has 0 aromatic rings. The van der Waals surface area contributed by atoms with Gasteiger partial charge >= 0.3 is 5.97 Å². The second kappa shape index (κ2) is 8.53. The van der Waals surface area contributed by atoms with Gasteiger partial charge in [-0.15, -0.1) is 0 Å². The lowest BCUT2D eigenvalue weighted by Crippen LogP contribution is -2.44. The number of ether oxygens (including phenoxy) is 1. The van der Waals surface area contributed by atoms with E-state index in [4.69, 9.17) is 10.5 Å². The second-order valence-electron chi connectivity index (χ2n) is 4.38. The second-order valence-corrected chi connectivity index (χ2v) is 4.38. The molecule has 0 aliphatic rings. The number of esters is 1. The van der Waals surface area contributed by atoms with Gasteiger partial charge < -0.3 is 15.6 Å². The molecular weight excluding hydrogens is 206 g/mol. The summed E-state index contributed by atoms with van der Waals surface area (Å²) >= 11 is 0. The zero-order valence-corrected chi connectivity index (χ0v) is 10.5. The van der Waals surface area contributed by atoms with Crippen LogP contribution in [0.25, 0.3) is 0 Å². The molecule has 1 unspecified atom stereocenters. The van der Waals surface area contributed by atoms with Crippen molar-refractivity contribution in [3.63, 3.8) is 0 Å². The molecule has 4 nitrogen and oxygen atoms in total. The topological polar surface area (TPSA) is 72.5 Å². The van der Waals surface area contributed by atoms with E-state index in [0.29, 0.717) is 6.61 Å². The highest BCUT2D eigenvalue weighted by Crippen LogP contribution is 2.07. The molecule has 0 radical (unpaired) electrons. The maximum absolute atomic E-state index is 11.3. The molecule has 0 aromatic carbocycles. The van der Waals surface area contributed by atoms with E-state index in [-0.39, 0.29) is 6.54 Å². The van der Waals surface area contributed by atoms with Crippen LogP contribution in [0.2, 0.25) is 0 Å². The molecule has 0 aliphatic carbocycles. The number of rotatable bonds is 9. The van der Waals surface area contributed by atoms with Gasteiger partial charge in [0.15, 0.2) is 5.60 Å². The van der Waals surface area contributed by atoms with Gasteiger partial charge in [-0.1, -0.05) is 39.0 Å². The van der Waals surface area contributed by atoms with Crippen molar-refractivity contribution in [1.82, 2.24) is 0 Å². The number of hydrogen-bond acceptors (Lipinski definition) is 4. The minimum absolute atomic E-state index is 0.109. The normalized spacial score (nSPS) is 14.5. The standard InChI is InChI=1S/C12H25NO3/c1-3-4-5-6-7-8-9-16-11(14)12(2,15)10-13/h15H,3-10,13H2,1-2H3. The lowest BCUT2D eigenvalue weighted by molar-refractivity contribution is -0.162. The summed E-state index contributed by atoms with van der Waals surface area (Å²) in [5.74, 6) is -0.622. The minimum atomic E-state index is -1.54. The van der Waals surface area contributed by atoms with Crippen LogP contribution in [0.5, 0.6) is 0 Å². The fraction of sp³-hybridized carbons (Fsp3) is 0.917. The monoisotopic (exact) mass is 231 g/mol. The fourth-order valence-corrected chi connectivity index (χ4v) is 1.29. The van der Waals surface area contributed by atoms with Crippen LogP contribution < -0.4 is 5.73 Å². The third-order valence-corrected chi connectivity index (χ3v) is 2.57. The summed E-state index contributed by atoms with van der Waals surface area (Å²) < 4.78 is 4.94. The van der Waals surface area contributed by atoms with Gasteiger partial charge in [0.1, 0.15) is 0 Å². The molecule has 0 saturated carbocycles. The van der Waals surface area contributed by atoms with Crippen LogP contribution in [0.15, 0.2) is 0 Å². The third kappa shape index (κ3) is 6.80. The van der Waals surface area contributed by atoms with Crippen molar-refractivity contribution >= 4 is 5.97 Å². The van der Waals surface area contributed by atoms with Crippen LogP contribution in [0, 0.1) is 0 Å². The van der Waals surface area contributed by atoms with Gasteiger partial charge in [0.2, 0.25) is 0 Å². The van der Waals surface area contributed by atoms with E-state index in [9.17, 15) is 9.90 Å². The van der Waals surface area contributed by atoms with Crippen LogP contribution >= 0.6 is 0 Å². The van der Waals surface area contributed by atoms with Gasteiger partial charge in [0, 0.05) is 6.54 Å². The van der Waals surface area contributed by atoms with Crippen LogP contribution in [0.3, 0.4) is 0 Å². The minimum Gasteiger partial charge on any atom is -0.464 e. The molecule has 3 N–H and O–H groups in total. The Hall–Kier alpha value is -0.610. The predicted octanol–water partition coefficient (Wildman–Crippen LogP) is 1.60. The summed E-state index contributed by atoms with van der Waals surface area (Å²) in [6, 6.07) is 0. The van der Waals surface area contributed by atoms with E-state index >= 15 is 0 Å². The van der Waals surface area contributed by atoms with Crippen LogP contribution in [0.1, 0.15) is 52.4 Å². The number of unbranched alkanes of at least 4 members (excludes halogenated alkanes) is 5. The molecule has 1 atom stereocenters. The molecule has 0 fully saturated rings. The highest BCUT2D eigenvalue weighted by molar-refractivity contribution is 5.78. The molecule has 0 saturated heterocycles. The lowest BCUT2D eigenvalue weighted by Gasteiger charge is -2.18. The fourth-order valence-electron chi connectivity index (χ4n) is 1.29. The molecule has 96 valence electrons. The van der Waals surface area contributed by atoms with E-state index in [1.807, 2.05) is 0 Å². The van der Waals surface area contributed by atoms with Crippen molar-refractivity contribution < 1.29 is 14.6 Å². The average molecular weight is 231 g/mol. The first-order chi connectivity index (χ1) is 7.54. The van der Waals surface area contributed by atoms with Gasteiger partial charge in [-0.2, -0.15) is 0 Å². The first kappa shape index (κ1) is 15.4. The Morgan fingerprint density at radius 3 is 2.38 bits per heavy atom. The molecule has 0 spiro atoms. The molecule has 16 heavy (non-hydrogen) atoms. The van der Waals surface area contributed by atoms with Crippen LogP contribution in [0.4, 0.5) is 0 Å². The summed E-state index contributed by atoms with van der Waals surface area (Å²) in [6.07, 6.45) is 6.84. The number of aliphatic hydroxyl groups is 1. The molecule has 4 heteroatoms. The maximum Gasteiger partial charge on any atom is 0.339 e. The number of nitrogens with two attached hydrogens (primary N) is 1. The van der Waals surface area contributed by atoms with Crippen LogP contribution in [-0.4, -0.2) is 29.8 Å². The van der Waals surface area contributed by atoms with Gasteiger partial charge in [-0.25, -0.2) is 4.79 Å². The van der Waals surface area contributed by atoms with Gasteiger partial charge in [0.25, 0.3) is 0 Å². The van der Waals surface area contributed by atoms with E-state index in [2.05, 4.69) is 6.92 Å². The molecule has 0 amide bonds. The summed E-state index contributed by atoms with van der Waals surface area (Å²) in [4.78, 5) is 11.3. The molecule has 0 aliphatic heterocycles. The number of carbonyl (C=O) groups excluding carboxylic acids is 1. The van der Waals surface area contributed by atoms with E-state index in [0.717, 1.165) is 12.8 Å². The van der Waals surface area contributed by atoms with E-state index < -0.39 is 11.6 Å². The number of hydrogen-bond donors (Lipinski definition) is 2. The predicted molar refractivity (Wildman–Crippen MR) is 64.0 cm³/mol.